The standard InChI is InChI=1S/C23H20N4O5/c1-13-7-8-14(22-24-18-11-20(31-2)21(32-3)12-19(18)25-22)10-17(13)26-23(28)15-5-4-6-16(9-15)27(29)30/h4-12H,1-3H3,(H,24,25)(H,26,28). The van der Waals surface area contributed by atoms with Gasteiger partial charge in [0.1, 0.15) is 5.82 Å². The van der Waals surface area contributed by atoms with Crippen LogP contribution in [0.2, 0.25) is 0 Å². The molecule has 1 heterocycles. The highest BCUT2D eigenvalue weighted by Crippen LogP contribution is 2.33. The largest absolute Gasteiger partial charge is 0.493 e. The van der Waals surface area contributed by atoms with E-state index in [9.17, 15) is 14.9 Å². The van der Waals surface area contributed by atoms with Crippen LogP contribution in [-0.2, 0) is 0 Å². The van der Waals surface area contributed by atoms with Gasteiger partial charge in [0.05, 0.1) is 30.2 Å². The van der Waals surface area contributed by atoms with Gasteiger partial charge in [-0.05, 0) is 24.6 Å². The molecule has 2 N–H and O–H groups in total. The van der Waals surface area contributed by atoms with Crippen molar-refractivity contribution in [1.82, 2.24) is 9.97 Å². The van der Waals surface area contributed by atoms with Gasteiger partial charge in [-0.15, -0.1) is 0 Å². The number of hydrogen-bond acceptors (Lipinski definition) is 6. The van der Waals surface area contributed by atoms with Crippen molar-refractivity contribution in [3.63, 3.8) is 0 Å². The third kappa shape index (κ3) is 3.95. The second-order valence-corrected chi connectivity index (χ2v) is 7.10. The van der Waals surface area contributed by atoms with Crippen molar-refractivity contribution >= 4 is 28.3 Å². The molecule has 0 fully saturated rings. The normalized spacial score (nSPS) is 10.7. The fourth-order valence-electron chi connectivity index (χ4n) is 3.33. The third-order valence-corrected chi connectivity index (χ3v) is 5.07. The second kappa shape index (κ2) is 8.38. The number of anilines is 1. The van der Waals surface area contributed by atoms with Crippen LogP contribution in [0.4, 0.5) is 11.4 Å². The first-order valence-electron chi connectivity index (χ1n) is 9.68. The number of nitro benzene ring substituents is 1. The van der Waals surface area contributed by atoms with Crippen LogP contribution in [0.15, 0.2) is 54.6 Å². The minimum atomic E-state index is -0.534. The lowest BCUT2D eigenvalue weighted by Gasteiger charge is -2.10. The van der Waals surface area contributed by atoms with Crippen LogP contribution < -0.4 is 14.8 Å². The Kier molecular flexibility index (Phi) is 5.46. The topological polar surface area (TPSA) is 119 Å². The van der Waals surface area contributed by atoms with E-state index in [1.807, 2.05) is 25.1 Å². The van der Waals surface area contributed by atoms with Gasteiger partial charge in [0.15, 0.2) is 11.5 Å². The Balaban J connectivity index is 1.66. The predicted molar refractivity (Wildman–Crippen MR) is 120 cm³/mol. The molecule has 0 atom stereocenters. The molecule has 0 saturated carbocycles. The van der Waals surface area contributed by atoms with E-state index >= 15 is 0 Å². The molecule has 4 rings (SSSR count). The molecule has 9 nitrogen and oxygen atoms in total. The second-order valence-electron chi connectivity index (χ2n) is 7.10. The van der Waals surface area contributed by atoms with Gasteiger partial charge in [0.25, 0.3) is 11.6 Å². The lowest BCUT2D eigenvalue weighted by molar-refractivity contribution is -0.384. The molecule has 0 spiro atoms. The molecule has 0 aliphatic carbocycles. The van der Waals surface area contributed by atoms with Gasteiger partial charge in [0, 0.05) is 41.1 Å². The molecule has 0 aliphatic rings. The number of carbonyl (C=O) groups excluding carboxylic acids is 1. The van der Waals surface area contributed by atoms with E-state index in [0.717, 1.165) is 16.6 Å². The van der Waals surface area contributed by atoms with Crippen LogP contribution in [0, 0.1) is 17.0 Å². The molecule has 0 unspecified atom stereocenters. The smallest absolute Gasteiger partial charge is 0.270 e. The highest BCUT2D eigenvalue weighted by atomic mass is 16.6. The summed E-state index contributed by atoms with van der Waals surface area (Å²) in [5.74, 6) is 1.34. The quantitative estimate of drug-likeness (QED) is 0.336. The number of rotatable bonds is 6. The molecule has 4 aromatic rings. The van der Waals surface area contributed by atoms with Crippen LogP contribution in [0.1, 0.15) is 15.9 Å². The summed E-state index contributed by atoms with van der Waals surface area (Å²) in [5.41, 5.74) is 3.73. The number of carbonyl (C=O) groups is 1. The van der Waals surface area contributed by atoms with E-state index < -0.39 is 10.8 Å². The van der Waals surface area contributed by atoms with Gasteiger partial charge in [-0.2, -0.15) is 0 Å². The first-order chi connectivity index (χ1) is 15.4. The van der Waals surface area contributed by atoms with Crippen LogP contribution >= 0.6 is 0 Å². The average molecular weight is 432 g/mol. The van der Waals surface area contributed by atoms with Gasteiger partial charge in [0.2, 0.25) is 0 Å². The lowest BCUT2D eigenvalue weighted by atomic mass is 10.1. The molecule has 0 saturated heterocycles. The molecule has 3 aromatic carbocycles. The Morgan fingerprint density at radius 3 is 2.53 bits per heavy atom. The van der Waals surface area contributed by atoms with E-state index in [4.69, 9.17) is 9.47 Å². The zero-order valence-electron chi connectivity index (χ0n) is 17.6. The van der Waals surface area contributed by atoms with Crippen LogP contribution in [0.3, 0.4) is 0 Å². The Bertz CT molecular complexity index is 1300. The summed E-state index contributed by atoms with van der Waals surface area (Å²) in [4.78, 5) is 31.0. The SMILES string of the molecule is COc1cc2nc(-c3ccc(C)c(NC(=O)c4cccc([N+](=O)[O-])c4)c3)[nH]c2cc1OC. The number of aromatic nitrogens is 2. The fourth-order valence-corrected chi connectivity index (χ4v) is 3.33. The van der Waals surface area contributed by atoms with Crippen molar-refractivity contribution < 1.29 is 19.2 Å². The predicted octanol–water partition coefficient (Wildman–Crippen LogP) is 4.72. The van der Waals surface area contributed by atoms with E-state index in [2.05, 4.69) is 15.3 Å². The van der Waals surface area contributed by atoms with E-state index in [1.54, 1.807) is 26.4 Å². The van der Waals surface area contributed by atoms with Crippen molar-refractivity contribution in [1.29, 1.82) is 0 Å². The summed E-state index contributed by atoms with van der Waals surface area (Å²) >= 11 is 0. The van der Waals surface area contributed by atoms with Crippen molar-refractivity contribution in [2.24, 2.45) is 0 Å². The lowest BCUT2D eigenvalue weighted by Crippen LogP contribution is -2.13. The van der Waals surface area contributed by atoms with Gasteiger partial charge in [-0.3, -0.25) is 14.9 Å². The average Bonchev–Trinajstić information content (AvgIpc) is 3.22. The van der Waals surface area contributed by atoms with E-state index in [-0.39, 0.29) is 11.3 Å². The number of methoxy groups -OCH3 is 2. The maximum Gasteiger partial charge on any atom is 0.270 e. The summed E-state index contributed by atoms with van der Waals surface area (Å²) in [7, 11) is 3.13. The minimum absolute atomic E-state index is 0.142. The summed E-state index contributed by atoms with van der Waals surface area (Å²) < 4.78 is 10.7. The molecule has 9 heteroatoms. The van der Waals surface area contributed by atoms with Crippen molar-refractivity contribution in [3.05, 3.63) is 75.8 Å². The maximum atomic E-state index is 12.7. The van der Waals surface area contributed by atoms with Crippen molar-refractivity contribution in [2.45, 2.75) is 6.92 Å². The summed E-state index contributed by atoms with van der Waals surface area (Å²) in [6.45, 7) is 1.86. The minimum Gasteiger partial charge on any atom is -0.493 e. The summed E-state index contributed by atoms with van der Waals surface area (Å²) in [6, 6.07) is 14.8. The molecule has 0 aliphatic heterocycles. The molecule has 0 radical (unpaired) electrons. The van der Waals surface area contributed by atoms with Crippen molar-refractivity contribution in [2.75, 3.05) is 19.5 Å². The van der Waals surface area contributed by atoms with Crippen molar-refractivity contribution in [3.8, 4) is 22.9 Å². The van der Waals surface area contributed by atoms with Crippen LogP contribution in [0.5, 0.6) is 11.5 Å². The molecule has 32 heavy (non-hydrogen) atoms. The maximum absolute atomic E-state index is 12.7. The van der Waals surface area contributed by atoms with Gasteiger partial charge >= 0.3 is 0 Å². The van der Waals surface area contributed by atoms with E-state index in [0.29, 0.717) is 28.5 Å². The molecule has 1 aromatic heterocycles. The monoisotopic (exact) mass is 432 g/mol. The van der Waals surface area contributed by atoms with Gasteiger partial charge in [-0.25, -0.2) is 4.98 Å². The number of fused-ring (bicyclic) bond motifs is 1. The molecule has 162 valence electrons. The number of nitrogens with zero attached hydrogens (tertiary/aromatic N) is 2. The zero-order valence-corrected chi connectivity index (χ0v) is 17.6. The Hall–Kier alpha value is -4.40. The number of hydrogen-bond donors (Lipinski definition) is 2. The highest BCUT2D eigenvalue weighted by Gasteiger charge is 2.15. The van der Waals surface area contributed by atoms with Crippen LogP contribution in [-0.4, -0.2) is 35.0 Å². The number of non-ortho nitro benzene ring substituents is 1. The number of H-pyrrole nitrogens is 1. The van der Waals surface area contributed by atoms with Crippen LogP contribution in [0.25, 0.3) is 22.4 Å². The van der Waals surface area contributed by atoms with Gasteiger partial charge < -0.3 is 19.8 Å². The molecular weight excluding hydrogens is 412 g/mol. The number of imidazole rings is 1. The van der Waals surface area contributed by atoms with Gasteiger partial charge in [-0.1, -0.05) is 18.2 Å². The Morgan fingerprint density at radius 2 is 1.81 bits per heavy atom. The first-order valence-corrected chi connectivity index (χ1v) is 9.68. The molecule has 1 amide bonds. The Morgan fingerprint density at radius 1 is 1.06 bits per heavy atom. The third-order valence-electron chi connectivity index (χ3n) is 5.07. The number of aryl methyl sites for hydroxylation is 1. The molecular formula is C23H20N4O5. The summed E-state index contributed by atoms with van der Waals surface area (Å²) in [6.07, 6.45) is 0. The number of nitrogens with one attached hydrogen (secondary N) is 2. The number of benzene rings is 3. The Labute approximate surface area is 183 Å². The number of nitro groups is 1. The zero-order chi connectivity index (χ0) is 22.8. The fraction of sp³-hybridized carbons (Fsp3) is 0.130. The molecule has 0 bridgehead atoms. The number of ether oxygens (including phenoxy) is 2. The van der Waals surface area contributed by atoms with E-state index in [1.165, 1.54) is 24.3 Å². The first kappa shape index (κ1) is 20.9. The summed E-state index contributed by atoms with van der Waals surface area (Å²) in [5, 5.41) is 13.8. The number of aromatic amines is 1. The number of amides is 1. The highest BCUT2D eigenvalue weighted by molar-refractivity contribution is 6.05.